The monoisotopic (exact) mass is 236 g/mol. The highest BCUT2D eigenvalue weighted by Crippen LogP contribution is 2.20. The molecule has 82 valence electrons. The van der Waals surface area contributed by atoms with E-state index in [2.05, 4.69) is 4.98 Å². The normalized spacial score (nSPS) is 10.6. The van der Waals surface area contributed by atoms with E-state index in [-0.39, 0.29) is 11.5 Å². The van der Waals surface area contributed by atoms with Gasteiger partial charge in [-0.3, -0.25) is 10.1 Å². The highest BCUT2D eigenvalue weighted by molar-refractivity contribution is 6.30. The van der Waals surface area contributed by atoms with Gasteiger partial charge in [0.1, 0.15) is 5.15 Å². The van der Waals surface area contributed by atoms with Crippen LogP contribution in [0.15, 0.2) is 30.3 Å². The van der Waals surface area contributed by atoms with E-state index < -0.39 is 0 Å². The molecule has 0 atom stereocenters. The van der Waals surface area contributed by atoms with Crippen molar-refractivity contribution in [1.82, 2.24) is 4.98 Å². The number of nitrogens with zero attached hydrogens (tertiary/aromatic N) is 2. The molecule has 4 nitrogen and oxygen atoms in total. The van der Waals surface area contributed by atoms with Crippen LogP contribution in [0.2, 0.25) is 5.15 Å². The second-order valence-corrected chi connectivity index (χ2v) is 3.80. The van der Waals surface area contributed by atoms with E-state index in [1.54, 1.807) is 0 Å². The summed E-state index contributed by atoms with van der Waals surface area (Å²) in [6, 6.07) is 9.40. The average Bonchev–Trinajstić information content (AvgIpc) is 2.26. The molecule has 2 rings (SSSR count). The predicted octanol–water partition coefficient (Wildman–Crippen LogP) is 2.71. The van der Waals surface area contributed by atoms with Gasteiger partial charge in [0, 0.05) is 16.7 Å². The smallest absolute Gasteiger partial charge is 0.208 e. The Kier molecular flexibility index (Phi) is 3.01. The van der Waals surface area contributed by atoms with Crippen molar-refractivity contribution in [2.24, 2.45) is 0 Å². The summed E-state index contributed by atoms with van der Waals surface area (Å²) in [5.74, 6) is 0. The number of halogens is 1. The lowest BCUT2D eigenvalue weighted by Gasteiger charge is -2.03. The van der Waals surface area contributed by atoms with Crippen molar-refractivity contribution in [2.75, 3.05) is 6.54 Å². The molecule has 5 heteroatoms. The van der Waals surface area contributed by atoms with Gasteiger partial charge in [-0.15, -0.1) is 0 Å². The summed E-state index contributed by atoms with van der Waals surface area (Å²) in [5, 5.41) is 11.6. The molecule has 0 fully saturated rings. The molecular weight excluding hydrogens is 228 g/mol. The van der Waals surface area contributed by atoms with Crippen LogP contribution < -0.4 is 0 Å². The fraction of sp³-hybridized carbons (Fsp3) is 0.182. The second-order valence-electron chi connectivity index (χ2n) is 3.44. The van der Waals surface area contributed by atoms with Crippen molar-refractivity contribution in [3.05, 3.63) is 51.2 Å². The van der Waals surface area contributed by atoms with E-state index in [1.165, 1.54) is 0 Å². The SMILES string of the molecule is O=[N+]([O-])CCc1cc2ccccc2nc1Cl. The molecule has 0 aliphatic rings. The van der Waals surface area contributed by atoms with Crippen molar-refractivity contribution >= 4 is 22.5 Å². The van der Waals surface area contributed by atoms with Gasteiger partial charge >= 0.3 is 0 Å². The highest BCUT2D eigenvalue weighted by atomic mass is 35.5. The zero-order valence-electron chi connectivity index (χ0n) is 8.39. The zero-order chi connectivity index (χ0) is 11.5. The summed E-state index contributed by atoms with van der Waals surface area (Å²) < 4.78 is 0. The van der Waals surface area contributed by atoms with Gasteiger partial charge in [0.2, 0.25) is 6.54 Å². The maximum atomic E-state index is 10.3. The summed E-state index contributed by atoms with van der Waals surface area (Å²) in [6.45, 7) is -0.125. The molecular formula is C11H9ClN2O2. The Morgan fingerprint density at radius 1 is 1.38 bits per heavy atom. The minimum absolute atomic E-state index is 0.125. The van der Waals surface area contributed by atoms with Gasteiger partial charge in [-0.25, -0.2) is 4.98 Å². The second kappa shape index (κ2) is 4.45. The topological polar surface area (TPSA) is 56.0 Å². The molecule has 0 saturated heterocycles. The molecule has 0 aliphatic carbocycles. The number of rotatable bonds is 3. The summed E-state index contributed by atoms with van der Waals surface area (Å²) in [6.07, 6.45) is 0.309. The van der Waals surface area contributed by atoms with Crippen LogP contribution in [0, 0.1) is 10.1 Å². The third-order valence-electron chi connectivity index (χ3n) is 2.31. The van der Waals surface area contributed by atoms with Crippen LogP contribution in [-0.2, 0) is 6.42 Å². The number of pyridine rings is 1. The van der Waals surface area contributed by atoms with E-state index in [4.69, 9.17) is 11.6 Å². The minimum Gasteiger partial charge on any atom is -0.265 e. The molecule has 0 amide bonds. The van der Waals surface area contributed by atoms with Crippen LogP contribution in [0.4, 0.5) is 0 Å². The van der Waals surface area contributed by atoms with Gasteiger partial charge in [0.25, 0.3) is 0 Å². The average molecular weight is 237 g/mol. The maximum absolute atomic E-state index is 10.3. The van der Waals surface area contributed by atoms with Crippen LogP contribution in [0.3, 0.4) is 0 Å². The highest BCUT2D eigenvalue weighted by Gasteiger charge is 2.07. The largest absolute Gasteiger partial charge is 0.265 e. The van der Waals surface area contributed by atoms with E-state index in [0.29, 0.717) is 11.6 Å². The number of benzene rings is 1. The lowest BCUT2D eigenvalue weighted by atomic mass is 10.1. The molecule has 1 aromatic heterocycles. The van der Waals surface area contributed by atoms with Crippen molar-refractivity contribution in [2.45, 2.75) is 6.42 Å². The first-order valence-electron chi connectivity index (χ1n) is 4.83. The molecule has 16 heavy (non-hydrogen) atoms. The Balaban J connectivity index is 2.38. The Hall–Kier alpha value is -1.68. The Bertz CT molecular complexity index is 542. The molecule has 0 spiro atoms. The predicted molar refractivity (Wildman–Crippen MR) is 62.3 cm³/mol. The van der Waals surface area contributed by atoms with E-state index in [0.717, 1.165) is 16.5 Å². The zero-order valence-corrected chi connectivity index (χ0v) is 9.15. The summed E-state index contributed by atoms with van der Waals surface area (Å²) >= 11 is 5.95. The molecule has 0 radical (unpaired) electrons. The number of fused-ring (bicyclic) bond motifs is 1. The van der Waals surface area contributed by atoms with Crippen LogP contribution >= 0.6 is 11.6 Å². The number of nitro groups is 1. The van der Waals surface area contributed by atoms with Crippen molar-refractivity contribution < 1.29 is 4.92 Å². The fourth-order valence-electron chi connectivity index (χ4n) is 1.52. The number of aromatic nitrogens is 1. The Morgan fingerprint density at radius 3 is 2.88 bits per heavy atom. The third-order valence-corrected chi connectivity index (χ3v) is 2.64. The lowest BCUT2D eigenvalue weighted by Crippen LogP contribution is -2.04. The third kappa shape index (κ3) is 2.28. The number of hydrogen-bond acceptors (Lipinski definition) is 3. The van der Waals surface area contributed by atoms with Gasteiger partial charge in [-0.05, 0) is 17.7 Å². The van der Waals surface area contributed by atoms with Crippen molar-refractivity contribution in [3.8, 4) is 0 Å². The first-order chi connectivity index (χ1) is 7.66. The van der Waals surface area contributed by atoms with Gasteiger partial charge in [0.15, 0.2) is 0 Å². The molecule has 0 unspecified atom stereocenters. The first kappa shape index (κ1) is 10.8. The molecule has 0 N–H and O–H groups in total. The van der Waals surface area contributed by atoms with E-state index >= 15 is 0 Å². The van der Waals surface area contributed by atoms with Gasteiger partial charge in [0.05, 0.1) is 5.52 Å². The maximum Gasteiger partial charge on any atom is 0.208 e. The fourth-order valence-corrected chi connectivity index (χ4v) is 1.76. The lowest BCUT2D eigenvalue weighted by molar-refractivity contribution is -0.479. The van der Waals surface area contributed by atoms with Crippen LogP contribution in [0.25, 0.3) is 10.9 Å². The van der Waals surface area contributed by atoms with Crippen LogP contribution in [0.1, 0.15) is 5.56 Å². The van der Waals surface area contributed by atoms with E-state index in [1.807, 2.05) is 30.3 Å². The number of hydrogen-bond donors (Lipinski definition) is 0. The molecule has 0 saturated carbocycles. The summed E-state index contributed by atoms with van der Waals surface area (Å²) in [4.78, 5) is 14.1. The van der Waals surface area contributed by atoms with Gasteiger partial charge in [-0.1, -0.05) is 29.8 Å². The Morgan fingerprint density at radius 2 is 2.12 bits per heavy atom. The standard InChI is InChI=1S/C11H9ClN2O2/c12-11-9(5-6-14(15)16)7-8-3-1-2-4-10(8)13-11/h1-4,7H,5-6H2. The molecule has 2 aromatic rings. The van der Waals surface area contributed by atoms with E-state index in [9.17, 15) is 10.1 Å². The minimum atomic E-state index is -0.356. The van der Waals surface area contributed by atoms with Crippen molar-refractivity contribution in [3.63, 3.8) is 0 Å². The van der Waals surface area contributed by atoms with Crippen LogP contribution in [0.5, 0.6) is 0 Å². The quantitative estimate of drug-likeness (QED) is 0.468. The van der Waals surface area contributed by atoms with Crippen molar-refractivity contribution in [1.29, 1.82) is 0 Å². The first-order valence-corrected chi connectivity index (χ1v) is 5.20. The number of para-hydroxylation sites is 1. The molecule has 1 heterocycles. The van der Waals surface area contributed by atoms with Gasteiger partial charge < -0.3 is 0 Å². The molecule has 0 bridgehead atoms. The molecule has 1 aromatic carbocycles. The Labute approximate surface area is 97.0 Å². The van der Waals surface area contributed by atoms with Gasteiger partial charge in [-0.2, -0.15) is 0 Å². The van der Waals surface area contributed by atoms with Crippen LogP contribution in [-0.4, -0.2) is 16.5 Å². The summed E-state index contributed by atoms with van der Waals surface area (Å²) in [5.41, 5.74) is 1.52. The summed E-state index contributed by atoms with van der Waals surface area (Å²) in [7, 11) is 0. The molecule has 0 aliphatic heterocycles.